The molecule has 2 aromatic rings. The van der Waals surface area contributed by atoms with Crippen LogP contribution in [0.4, 0.5) is 4.79 Å². The predicted molar refractivity (Wildman–Crippen MR) is 90.0 cm³/mol. The zero-order valence-electron chi connectivity index (χ0n) is 13.4. The summed E-state index contributed by atoms with van der Waals surface area (Å²) in [6, 6.07) is 9.72. The maximum atomic E-state index is 12.6. The number of hydroxylamine groups is 2. The number of para-hydroxylation sites is 1. The van der Waals surface area contributed by atoms with Crippen molar-refractivity contribution >= 4 is 16.9 Å². The SMILES string of the molecule is O=C(NCc1cccc2cccnc12)N1OCCN2CCNCC21. The number of amides is 2. The molecule has 2 saturated heterocycles. The highest BCUT2D eigenvalue weighted by Gasteiger charge is 2.35. The zero-order chi connectivity index (χ0) is 16.4. The van der Waals surface area contributed by atoms with E-state index in [-0.39, 0.29) is 12.2 Å². The lowest BCUT2D eigenvalue weighted by atomic mass is 10.1. The van der Waals surface area contributed by atoms with Gasteiger partial charge in [0.1, 0.15) is 6.17 Å². The van der Waals surface area contributed by atoms with Crippen LogP contribution < -0.4 is 10.6 Å². The molecule has 0 spiro atoms. The molecule has 126 valence electrons. The molecule has 2 N–H and O–H groups in total. The quantitative estimate of drug-likeness (QED) is 0.858. The third kappa shape index (κ3) is 2.93. The van der Waals surface area contributed by atoms with Gasteiger partial charge < -0.3 is 10.6 Å². The van der Waals surface area contributed by atoms with Crippen molar-refractivity contribution in [1.29, 1.82) is 0 Å². The van der Waals surface area contributed by atoms with E-state index in [0.29, 0.717) is 13.2 Å². The molecule has 7 heteroatoms. The van der Waals surface area contributed by atoms with Gasteiger partial charge in [-0.25, -0.2) is 4.79 Å². The molecule has 24 heavy (non-hydrogen) atoms. The summed E-state index contributed by atoms with van der Waals surface area (Å²) < 4.78 is 0. The molecule has 0 radical (unpaired) electrons. The highest BCUT2D eigenvalue weighted by Crippen LogP contribution is 2.17. The maximum Gasteiger partial charge on any atom is 0.343 e. The van der Waals surface area contributed by atoms with E-state index >= 15 is 0 Å². The van der Waals surface area contributed by atoms with Crippen LogP contribution in [0, 0.1) is 0 Å². The van der Waals surface area contributed by atoms with Crippen molar-refractivity contribution in [2.75, 3.05) is 32.8 Å². The minimum Gasteiger partial charge on any atom is -0.332 e. The minimum absolute atomic E-state index is 0.0434. The fraction of sp³-hybridized carbons (Fsp3) is 0.412. The summed E-state index contributed by atoms with van der Waals surface area (Å²) in [6.45, 7) is 4.44. The van der Waals surface area contributed by atoms with E-state index in [2.05, 4.69) is 20.5 Å². The van der Waals surface area contributed by atoms with Gasteiger partial charge in [-0.3, -0.25) is 14.7 Å². The number of pyridine rings is 1. The highest BCUT2D eigenvalue weighted by molar-refractivity contribution is 5.82. The zero-order valence-corrected chi connectivity index (χ0v) is 13.4. The molecular weight excluding hydrogens is 306 g/mol. The second kappa shape index (κ2) is 6.72. The molecule has 1 unspecified atom stereocenters. The Bertz CT molecular complexity index is 730. The number of rotatable bonds is 2. The molecule has 2 aliphatic rings. The molecule has 2 amide bonds. The number of hydrogen-bond donors (Lipinski definition) is 2. The second-order valence-corrected chi connectivity index (χ2v) is 6.03. The summed E-state index contributed by atoms with van der Waals surface area (Å²) in [5.41, 5.74) is 1.91. The van der Waals surface area contributed by atoms with Crippen molar-refractivity contribution in [3.63, 3.8) is 0 Å². The van der Waals surface area contributed by atoms with Gasteiger partial charge >= 0.3 is 6.03 Å². The van der Waals surface area contributed by atoms with Crippen LogP contribution in [-0.2, 0) is 11.4 Å². The van der Waals surface area contributed by atoms with Crippen LogP contribution >= 0.6 is 0 Å². The molecule has 0 aliphatic carbocycles. The molecule has 2 fully saturated rings. The van der Waals surface area contributed by atoms with Gasteiger partial charge in [-0.05, 0) is 11.6 Å². The Hall–Kier alpha value is -2.22. The van der Waals surface area contributed by atoms with E-state index < -0.39 is 0 Å². The molecule has 7 nitrogen and oxygen atoms in total. The lowest BCUT2D eigenvalue weighted by molar-refractivity contribution is -0.221. The Morgan fingerprint density at radius 3 is 3.21 bits per heavy atom. The Morgan fingerprint density at radius 1 is 1.33 bits per heavy atom. The van der Waals surface area contributed by atoms with Gasteiger partial charge in [0.15, 0.2) is 0 Å². The average Bonchev–Trinajstić information content (AvgIpc) is 2.65. The predicted octanol–water partition coefficient (Wildman–Crippen LogP) is 0.923. The molecule has 1 atom stereocenters. The highest BCUT2D eigenvalue weighted by atomic mass is 16.7. The van der Waals surface area contributed by atoms with Gasteiger partial charge in [0.25, 0.3) is 0 Å². The van der Waals surface area contributed by atoms with Crippen LogP contribution in [0.2, 0.25) is 0 Å². The van der Waals surface area contributed by atoms with Crippen LogP contribution in [0.5, 0.6) is 0 Å². The Kier molecular flexibility index (Phi) is 4.29. The summed E-state index contributed by atoms with van der Waals surface area (Å²) in [5.74, 6) is 0. The smallest absolute Gasteiger partial charge is 0.332 e. The summed E-state index contributed by atoms with van der Waals surface area (Å²) in [7, 11) is 0. The molecule has 0 bridgehead atoms. The molecular formula is C17H21N5O2. The lowest BCUT2D eigenvalue weighted by Gasteiger charge is -2.45. The Balaban J connectivity index is 1.46. The minimum atomic E-state index is -0.207. The van der Waals surface area contributed by atoms with Crippen LogP contribution in [0.1, 0.15) is 5.56 Å². The Labute approximate surface area is 140 Å². The first-order valence-corrected chi connectivity index (χ1v) is 8.30. The standard InChI is InChI=1S/C17H21N5O2/c23-17(22-15-12-18-7-8-21(15)9-10-24-22)20-11-14-4-1-3-13-5-2-6-19-16(13)14/h1-6,15,18H,7-12H2,(H,20,23). The van der Waals surface area contributed by atoms with Crippen molar-refractivity contribution in [2.45, 2.75) is 12.7 Å². The van der Waals surface area contributed by atoms with E-state index in [1.165, 1.54) is 5.06 Å². The normalized spacial score (nSPS) is 21.5. The topological polar surface area (TPSA) is 69.7 Å². The molecule has 2 aliphatic heterocycles. The van der Waals surface area contributed by atoms with Gasteiger partial charge in [0, 0.05) is 44.3 Å². The van der Waals surface area contributed by atoms with Gasteiger partial charge in [-0.15, -0.1) is 0 Å². The first-order valence-electron chi connectivity index (χ1n) is 8.30. The molecule has 1 aromatic carbocycles. The van der Waals surface area contributed by atoms with Gasteiger partial charge in [-0.1, -0.05) is 24.3 Å². The van der Waals surface area contributed by atoms with Crippen molar-refractivity contribution in [1.82, 2.24) is 25.6 Å². The van der Waals surface area contributed by atoms with E-state index in [1.54, 1.807) is 6.20 Å². The van der Waals surface area contributed by atoms with Crippen molar-refractivity contribution in [3.05, 3.63) is 42.1 Å². The summed E-state index contributed by atoms with van der Waals surface area (Å²) >= 11 is 0. The number of carbonyl (C=O) groups excluding carboxylic acids is 1. The molecule has 4 rings (SSSR count). The van der Waals surface area contributed by atoms with Gasteiger partial charge in [-0.2, -0.15) is 5.06 Å². The maximum absolute atomic E-state index is 12.6. The number of carbonyl (C=O) groups is 1. The number of nitrogens with zero attached hydrogens (tertiary/aromatic N) is 3. The van der Waals surface area contributed by atoms with Crippen LogP contribution in [0.25, 0.3) is 10.9 Å². The Morgan fingerprint density at radius 2 is 2.25 bits per heavy atom. The average molecular weight is 327 g/mol. The summed E-state index contributed by atoms with van der Waals surface area (Å²) in [4.78, 5) is 24.9. The van der Waals surface area contributed by atoms with E-state index in [0.717, 1.165) is 42.6 Å². The van der Waals surface area contributed by atoms with E-state index in [1.807, 2.05) is 30.3 Å². The number of benzene rings is 1. The van der Waals surface area contributed by atoms with Gasteiger partial charge in [0.2, 0.25) is 0 Å². The fourth-order valence-corrected chi connectivity index (χ4v) is 3.32. The molecule has 0 saturated carbocycles. The summed E-state index contributed by atoms with van der Waals surface area (Å²) in [5, 5.41) is 8.81. The molecule has 3 heterocycles. The summed E-state index contributed by atoms with van der Waals surface area (Å²) in [6.07, 6.45) is 1.73. The van der Waals surface area contributed by atoms with Gasteiger partial charge in [0.05, 0.1) is 12.1 Å². The number of fused-ring (bicyclic) bond motifs is 2. The van der Waals surface area contributed by atoms with Crippen LogP contribution in [0.15, 0.2) is 36.5 Å². The number of piperazine rings is 1. The number of urea groups is 1. The van der Waals surface area contributed by atoms with E-state index in [9.17, 15) is 4.79 Å². The van der Waals surface area contributed by atoms with Crippen molar-refractivity contribution in [3.8, 4) is 0 Å². The fourth-order valence-electron chi connectivity index (χ4n) is 3.32. The van der Waals surface area contributed by atoms with Crippen LogP contribution in [-0.4, -0.2) is 59.9 Å². The molecule has 1 aromatic heterocycles. The number of nitrogens with one attached hydrogen (secondary N) is 2. The first kappa shape index (κ1) is 15.3. The number of aromatic nitrogens is 1. The first-order chi connectivity index (χ1) is 11.8. The third-order valence-corrected chi connectivity index (χ3v) is 4.55. The lowest BCUT2D eigenvalue weighted by Crippen LogP contribution is -2.65. The number of hydrogen-bond acceptors (Lipinski definition) is 5. The second-order valence-electron chi connectivity index (χ2n) is 6.03. The van der Waals surface area contributed by atoms with Crippen molar-refractivity contribution < 1.29 is 9.63 Å². The largest absolute Gasteiger partial charge is 0.343 e. The van der Waals surface area contributed by atoms with E-state index in [4.69, 9.17) is 4.84 Å². The van der Waals surface area contributed by atoms with Crippen LogP contribution in [0.3, 0.4) is 0 Å². The van der Waals surface area contributed by atoms with Crippen molar-refractivity contribution in [2.24, 2.45) is 0 Å². The monoisotopic (exact) mass is 327 g/mol. The third-order valence-electron chi connectivity index (χ3n) is 4.55.